The number of hydrogen-bond acceptors (Lipinski definition) is 7. The summed E-state index contributed by atoms with van der Waals surface area (Å²) in [5.41, 5.74) is 1.12. The lowest BCUT2D eigenvalue weighted by Gasteiger charge is -2.13. The van der Waals surface area contributed by atoms with Gasteiger partial charge in [-0.15, -0.1) is 11.3 Å². The molecule has 0 fully saturated rings. The summed E-state index contributed by atoms with van der Waals surface area (Å²) in [4.78, 5) is 31.7. The van der Waals surface area contributed by atoms with E-state index in [0.717, 1.165) is 6.42 Å². The maximum atomic E-state index is 13.2. The first-order chi connectivity index (χ1) is 16.1. The minimum atomic E-state index is -0.209. The molecule has 0 spiro atoms. The topological polar surface area (TPSA) is 82.5 Å². The first-order valence-corrected chi connectivity index (χ1v) is 12.1. The number of carbonyl (C=O) groups excluding carboxylic acids is 1. The zero-order chi connectivity index (χ0) is 23.2. The van der Waals surface area contributed by atoms with E-state index in [-0.39, 0.29) is 17.2 Å². The number of methoxy groups -OCH3 is 2. The number of benzene rings is 2. The van der Waals surface area contributed by atoms with Gasteiger partial charge in [-0.2, -0.15) is 0 Å². The van der Waals surface area contributed by atoms with Crippen LogP contribution in [-0.2, 0) is 17.8 Å². The van der Waals surface area contributed by atoms with Crippen LogP contribution in [0.25, 0.3) is 10.9 Å². The van der Waals surface area contributed by atoms with Crippen LogP contribution < -0.4 is 20.3 Å². The molecule has 2 heterocycles. The van der Waals surface area contributed by atoms with Gasteiger partial charge in [0.1, 0.15) is 0 Å². The average molecular weight is 482 g/mol. The van der Waals surface area contributed by atoms with Gasteiger partial charge in [0.2, 0.25) is 5.91 Å². The van der Waals surface area contributed by atoms with Crippen molar-refractivity contribution in [2.75, 3.05) is 25.3 Å². The highest BCUT2D eigenvalue weighted by atomic mass is 32.2. The fourth-order valence-electron chi connectivity index (χ4n) is 3.37. The number of carbonyl (C=O) groups is 1. The Kier molecular flexibility index (Phi) is 7.31. The molecule has 0 aliphatic carbocycles. The minimum Gasteiger partial charge on any atom is -0.493 e. The number of ether oxygens (including phenoxy) is 2. The molecule has 0 bridgehead atoms. The van der Waals surface area contributed by atoms with Gasteiger partial charge in [0, 0.05) is 23.2 Å². The Balaban J connectivity index is 1.52. The second kappa shape index (κ2) is 10.5. The van der Waals surface area contributed by atoms with Gasteiger partial charge >= 0.3 is 0 Å². The van der Waals surface area contributed by atoms with Gasteiger partial charge in [0.05, 0.1) is 30.9 Å². The zero-order valence-electron chi connectivity index (χ0n) is 18.2. The lowest BCUT2D eigenvalue weighted by molar-refractivity contribution is -0.113. The summed E-state index contributed by atoms with van der Waals surface area (Å²) in [5.74, 6) is 1.01. The molecule has 0 aliphatic heterocycles. The van der Waals surface area contributed by atoms with Crippen LogP contribution >= 0.6 is 23.1 Å². The number of nitrogens with one attached hydrogen (secondary N) is 1. The molecule has 0 saturated carbocycles. The van der Waals surface area contributed by atoms with Crippen molar-refractivity contribution < 1.29 is 14.3 Å². The van der Waals surface area contributed by atoms with Gasteiger partial charge in [-0.1, -0.05) is 30.0 Å². The monoisotopic (exact) mass is 481 g/mol. The summed E-state index contributed by atoms with van der Waals surface area (Å²) in [5, 5.41) is 5.97. The van der Waals surface area contributed by atoms with Crippen LogP contribution in [0.4, 0.5) is 5.69 Å². The highest BCUT2D eigenvalue weighted by Gasteiger charge is 2.14. The molecule has 9 heteroatoms. The average Bonchev–Trinajstić information content (AvgIpc) is 3.36. The number of anilines is 1. The van der Waals surface area contributed by atoms with Gasteiger partial charge in [-0.25, -0.2) is 4.98 Å². The number of rotatable bonds is 9. The summed E-state index contributed by atoms with van der Waals surface area (Å²) in [6.07, 6.45) is 0.725. The van der Waals surface area contributed by atoms with E-state index in [4.69, 9.17) is 9.47 Å². The van der Waals surface area contributed by atoms with Crippen molar-refractivity contribution >= 4 is 45.6 Å². The molecule has 1 N–H and O–H groups in total. The predicted molar refractivity (Wildman–Crippen MR) is 133 cm³/mol. The van der Waals surface area contributed by atoms with Crippen LogP contribution in [-0.4, -0.2) is 35.4 Å². The molecule has 2 aromatic heterocycles. The number of thioether (sulfide) groups is 1. The molecule has 0 aliphatic rings. The number of aromatic nitrogens is 2. The highest BCUT2D eigenvalue weighted by molar-refractivity contribution is 7.99. The molecule has 170 valence electrons. The maximum absolute atomic E-state index is 13.2. The largest absolute Gasteiger partial charge is 0.493 e. The molecular weight excluding hydrogens is 458 g/mol. The normalized spacial score (nSPS) is 10.8. The Morgan fingerprint density at radius 2 is 1.91 bits per heavy atom. The highest BCUT2D eigenvalue weighted by Crippen LogP contribution is 2.30. The molecule has 0 radical (unpaired) electrons. The number of para-hydroxylation sites is 1. The standard InChI is InChI=1S/C24H23N3O4S2/c1-30-20-10-9-16(14-21(20)31-2)25-22(28)15-33-24-26-19-8-4-3-7-18(19)23(29)27(24)12-11-17-6-5-13-32-17/h3-10,13-14H,11-12,15H2,1-2H3,(H,25,28). The fraction of sp³-hybridized carbons (Fsp3) is 0.208. The van der Waals surface area contributed by atoms with Crippen LogP contribution in [0.5, 0.6) is 11.5 Å². The lowest BCUT2D eigenvalue weighted by Crippen LogP contribution is -2.25. The number of nitrogens with zero attached hydrogens (tertiary/aromatic N) is 2. The van der Waals surface area contributed by atoms with E-state index in [2.05, 4.69) is 10.3 Å². The molecule has 0 atom stereocenters. The van der Waals surface area contributed by atoms with Crippen LogP contribution in [0.1, 0.15) is 4.88 Å². The summed E-state index contributed by atoms with van der Waals surface area (Å²) in [6, 6.07) is 16.5. The van der Waals surface area contributed by atoms with Gasteiger partial charge in [-0.05, 0) is 42.1 Å². The predicted octanol–water partition coefficient (Wildman–Crippen LogP) is 4.45. The van der Waals surface area contributed by atoms with E-state index in [0.29, 0.717) is 39.8 Å². The van der Waals surface area contributed by atoms with Crippen molar-refractivity contribution in [3.8, 4) is 11.5 Å². The van der Waals surface area contributed by atoms with Crippen molar-refractivity contribution in [3.05, 3.63) is 75.2 Å². The SMILES string of the molecule is COc1ccc(NC(=O)CSc2nc3ccccc3c(=O)n2CCc2cccs2)cc1OC. The molecule has 0 saturated heterocycles. The summed E-state index contributed by atoms with van der Waals surface area (Å²) >= 11 is 2.90. The van der Waals surface area contributed by atoms with Crippen molar-refractivity contribution in [1.29, 1.82) is 0 Å². The first-order valence-electron chi connectivity index (χ1n) is 10.3. The van der Waals surface area contributed by atoms with Crippen molar-refractivity contribution in [3.63, 3.8) is 0 Å². The number of aryl methyl sites for hydroxylation is 1. The molecule has 2 aromatic carbocycles. The molecular formula is C24H23N3O4S2. The van der Waals surface area contributed by atoms with Gasteiger partial charge in [-0.3, -0.25) is 14.2 Å². The van der Waals surface area contributed by atoms with Gasteiger partial charge in [0.15, 0.2) is 16.7 Å². The van der Waals surface area contributed by atoms with E-state index < -0.39 is 0 Å². The molecule has 7 nitrogen and oxygen atoms in total. The zero-order valence-corrected chi connectivity index (χ0v) is 19.9. The van der Waals surface area contributed by atoms with E-state index >= 15 is 0 Å². The van der Waals surface area contributed by atoms with Crippen molar-refractivity contribution in [1.82, 2.24) is 9.55 Å². The molecule has 33 heavy (non-hydrogen) atoms. The van der Waals surface area contributed by atoms with E-state index in [1.165, 1.54) is 16.6 Å². The number of fused-ring (bicyclic) bond motifs is 1. The molecule has 1 amide bonds. The molecule has 4 rings (SSSR count). The number of thiophene rings is 1. The summed E-state index contributed by atoms with van der Waals surface area (Å²) < 4.78 is 12.2. The Bertz CT molecular complexity index is 1320. The van der Waals surface area contributed by atoms with E-state index in [9.17, 15) is 9.59 Å². The maximum Gasteiger partial charge on any atom is 0.262 e. The summed E-state index contributed by atoms with van der Waals surface area (Å²) in [6.45, 7) is 0.497. The third kappa shape index (κ3) is 5.37. The van der Waals surface area contributed by atoms with Crippen LogP contribution in [0.2, 0.25) is 0 Å². The Morgan fingerprint density at radius 1 is 1.09 bits per heavy atom. The van der Waals surface area contributed by atoms with Crippen molar-refractivity contribution in [2.45, 2.75) is 18.1 Å². The van der Waals surface area contributed by atoms with Gasteiger partial charge in [0.25, 0.3) is 5.56 Å². The fourth-order valence-corrected chi connectivity index (χ4v) is 4.90. The minimum absolute atomic E-state index is 0.0973. The van der Waals surface area contributed by atoms with Crippen LogP contribution in [0.15, 0.2) is 69.9 Å². The van der Waals surface area contributed by atoms with Gasteiger partial charge < -0.3 is 14.8 Å². The molecule has 4 aromatic rings. The van der Waals surface area contributed by atoms with E-state index in [1.54, 1.807) is 54.4 Å². The second-order valence-corrected chi connectivity index (χ2v) is 9.08. The smallest absolute Gasteiger partial charge is 0.262 e. The Morgan fingerprint density at radius 3 is 2.67 bits per heavy atom. The quantitative estimate of drug-likeness (QED) is 0.281. The van der Waals surface area contributed by atoms with Crippen LogP contribution in [0, 0.1) is 0 Å². The number of hydrogen-bond donors (Lipinski definition) is 1. The number of amides is 1. The Hall–Kier alpha value is -3.30. The van der Waals surface area contributed by atoms with Crippen LogP contribution in [0.3, 0.4) is 0 Å². The second-order valence-electron chi connectivity index (χ2n) is 7.10. The molecule has 0 unspecified atom stereocenters. The Labute approximate surface area is 199 Å². The first kappa shape index (κ1) is 22.9. The third-order valence-electron chi connectivity index (χ3n) is 4.99. The third-order valence-corrected chi connectivity index (χ3v) is 6.90. The lowest BCUT2D eigenvalue weighted by atomic mass is 10.2. The van der Waals surface area contributed by atoms with E-state index in [1.807, 2.05) is 35.7 Å². The summed E-state index contributed by atoms with van der Waals surface area (Å²) in [7, 11) is 3.10. The van der Waals surface area contributed by atoms with Crippen molar-refractivity contribution in [2.24, 2.45) is 0 Å².